The number of carboxylic acid groups (broad SMARTS) is 1. The first kappa shape index (κ1) is 23.0. The number of halogens is 1. The van der Waals surface area contributed by atoms with Gasteiger partial charge in [0.05, 0.1) is 12.1 Å². The van der Waals surface area contributed by atoms with Crippen molar-refractivity contribution in [3.8, 4) is 16.9 Å². The molecule has 7 heteroatoms. The summed E-state index contributed by atoms with van der Waals surface area (Å²) < 4.78 is 7.47. The van der Waals surface area contributed by atoms with Crippen molar-refractivity contribution in [3.63, 3.8) is 0 Å². The minimum atomic E-state index is -1.20. The molecule has 3 heterocycles. The molecule has 36 heavy (non-hydrogen) atoms. The summed E-state index contributed by atoms with van der Waals surface area (Å²) >= 11 is 6.46. The topological polar surface area (TPSA) is 81.4 Å². The van der Waals surface area contributed by atoms with Crippen molar-refractivity contribution in [3.05, 3.63) is 69.2 Å². The van der Waals surface area contributed by atoms with Crippen LogP contribution in [0.25, 0.3) is 32.8 Å². The maximum absolute atomic E-state index is 13.6. The first-order valence-electron chi connectivity index (χ1n) is 12.2. The molecule has 1 aliphatic heterocycles. The van der Waals surface area contributed by atoms with Crippen molar-refractivity contribution in [2.24, 2.45) is 18.4 Å². The summed E-state index contributed by atoms with van der Waals surface area (Å²) in [5.74, 6) is -0.289. The Bertz CT molecular complexity index is 1660. The number of ether oxygens (including phenoxy) is 1. The van der Waals surface area contributed by atoms with E-state index in [9.17, 15) is 14.7 Å². The summed E-state index contributed by atoms with van der Waals surface area (Å²) in [5.41, 5.74) is 2.16. The van der Waals surface area contributed by atoms with E-state index in [4.69, 9.17) is 21.3 Å². The fourth-order valence-electron chi connectivity index (χ4n) is 6.29. The van der Waals surface area contributed by atoms with Gasteiger partial charge in [0.15, 0.2) is 0 Å². The molecule has 0 spiro atoms. The molecule has 0 radical (unpaired) electrons. The summed E-state index contributed by atoms with van der Waals surface area (Å²) in [7, 11) is 1.68. The van der Waals surface area contributed by atoms with E-state index in [-0.39, 0.29) is 16.9 Å². The number of aliphatic carboxylic acids is 1. The lowest BCUT2D eigenvalue weighted by Crippen LogP contribution is -2.35. The predicted molar refractivity (Wildman–Crippen MR) is 141 cm³/mol. The summed E-state index contributed by atoms with van der Waals surface area (Å²) in [6, 6.07) is 11.1. The van der Waals surface area contributed by atoms with Crippen LogP contribution in [0.15, 0.2) is 47.4 Å². The number of rotatable bonds is 3. The van der Waals surface area contributed by atoms with Crippen LogP contribution in [0.2, 0.25) is 5.02 Å². The Morgan fingerprint density at radius 2 is 1.97 bits per heavy atom. The minimum absolute atomic E-state index is 0.139. The third-order valence-corrected chi connectivity index (χ3v) is 8.24. The molecule has 2 aromatic carbocycles. The molecule has 4 aromatic rings. The summed E-state index contributed by atoms with van der Waals surface area (Å²) in [4.78, 5) is 31.4. The van der Waals surface area contributed by atoms with E-state index < -0.39 is 11.4 Å². The number of carbonyl (C=O) groups is 1. The van der Waals surface area contributed by atoms with Gasteiger partial charge in [-0.2, -0.15) is 0 Å². The average molecular weight is 503 g/mol. The van der Waals surface area contributed by atoms with Gasteiger partial charge in [0.2, 0.25) is 0 Å². The van der Waals surface area contributed by atoms with Gasteiger partial charge in [-0.1, -0.05) is 32.4 Å². The first-order chi connectivity index (χ1) is 17.1. The van der Waals surface area contributed by atoms with E-state index in [0.717, 1.165) is 34.2 Å². The van der Waals surface area contributed by atoms with Gasteiger partial charge in [-0.3, -0.25) is 14.6 Å². The van der Waals surface area contributed by atoms with Crippen molar-refractivity contribution in [1.82, 2.24) is 9.55 Å². The van der Waals surface area contributed by atoms with Crippen LogP contribution in [-0.4, -0.2) is 27.2 Å². The Morgan fingerprint density at radius 3 is 2.67 bits per heavy atom. The van der Waals surface area contributed by atoms with Crippen molar-refractivity contribution < 1.29 is 14.6 Å². The molecule has 2 unspecified atom stereocenters. The number of aromatic nitrogens is 2. The first-order valence-corrected chi connectivity index (χ1v) is 12.5. The Kier molecular flexibility index (Phi) is 4.84. The molecule has 184 valence electrons. The standard InChI is InChI=1S/C29H27ClN2O4/c1-28(2,3)21-14-29(21,27(34)35)25-23(19-13-16(30)5-6-17(19)26(33)32(25)4)18-7-8-20-22-15(10-12-36-20)9-11-31-24(18)22/h5-9,11,13,21H,10,12,14H2,1-4H3,(H,34,35). The molecule has 6 nitrogen and oxygen atoms in total. The SMILES string of the molecule is Cn1c(C2(C(=O)O)CC2C(C)(C)C)c(-c2ccc3c4c(ccnc24)CCO3)c2cc(Cl)ccc2c1=O. The molecule has 2 aromatic heterocycles. The number of nitrogens with zero attached hydrogens (tertiary/aromatic N) is 2. The Balaban J connectivity index is 1.81. The quantitative estimate of drug-likeness (QED) is 0.387. The second-order valence-corrected chi connectivity index (χ2v) is 11.5. The average Bonchev–Trinajstić information content (AvgIpc) is 3.60. The summed E-state index contributed by atoms with van der Waals surface area (Å²) in [6.07, 6.45) is 3.01. The highest BCUT2D eigenvalue weighted by Gasteiger charge is 2.67. The molecule has 1 saturated carbocycles. The van der Waals surface area contributed by atoms with Gasteiger partial charge in [-0.25, -0.2) is 0 Å². The van der Waals surface area contributed by atoms with Gasteiger partial charge < -0.3 is 14.4 Å². The second kappa shape index (κ2) is 7.56. The van der Waals surface area contributed by atoms with E-state index in [2.05, 4.69) is 20.8 Å². The minimum Gasteiger partial charge on any atom is -0.493 e. The number of pyridine rings is 2. The van der Waals surface area contributed by atoms with E-state index >= 15 is 0 Å². The molecule has 1 fully saturated rings. The lowest BCUT2D eigenvalue weighted by molar-refractivity contribution is -0.141. The van der Waals surface area contributed by atoms with Crippen molar-refractivity contribution in [2.45, 2.75) is 39.0 Å². The maximum Gasteiger partial charge on any atom is 0.316 e. The van der Waals surface area contributed by atoms with Crippen LogP contribution >= 0.6 is 11.6 Å². The van der Waals surface area contributed by atoms with Crippen LogP contribution < -0.4 is 10.3 Å². The van der Waals surface area contributed by atoms with Crippen molar-refractivity contribution in [1.29, 1.82) is 0 Å². The molecule has 0 bridgehead atoms. The number of benzene rings is 2. The van der Waals surface area contributed by atoms with Crippen molar-refractivity contribution >= 4 is 39.2 Å². The smallest absolute Gasteiger partial charge is 0.316 e. The highest BCUT2D eigenvalue weighted by molar-refractivity contribution is 6.31. The number of fused-ring (bicyclic) bond motifs is 1. The van der Waals surface area contributed by atoms with E-state index in [1.54, 1.807) is 31.4 Å². The fraction of sp³-hybridized carbons (Fsp3) is 0.345. The Hall–Kier alpha value is -3.38. The number of carboxylic acids is 1. The van der Waals surface area contributed by atoms with Crippen LogP contribution in [-0.2, 0) is 23.7 Å². The largest absolute Gasteiger partial charge is 0.493 e. The zero-order valence-electron chi connectivity index (χ0n) is 20.7. The third-order valence-electron chi connectivity index (χ3n) is 8.01. The van der Waals surface area contributed by atoms with Gasteiger partial charge in [-0.05, 0) is 65.1 Å². The van der Waals surface area contributed by atoms with Crippen LogP contribution in [0.3, 0.4) is 0 Å². The highest BCUT2D eigenvalue weighted by Crippen LogP contribution is 2.64. The van der Waals surface area contributed by atoms with Gasteiger partial charge in [-0.15, -0.1) is 0 Å². The van der Waals surface area contributed by atoms with Crippen LogP contribution in [0, 0.1) is 11.3 Å². The van der Waals surface area contributed by atoms with E-state index in [0.29, 0.717) is 40.1 Å². The van der Waals surface area contributed by atoms with Crippen LogP contribution in [0.1, 0.15) is 38.4 Å². The Labute approximate surface area is 213 Å². The second-order valence-electron chi connectivity index (χ2n) is 11.1. The molecule has 1 aliphatic carbocycles. The van der Waals surface area contributed by atoms with Gasteiger partial charge in [0.1, 0.15) is 11.2 Å². The lowest BCUT2D eigenvalue weighted by atomic mass is 9.80. The molecule has 2 aliphatic rings. The predicted octanol–water partition coefficient (Wildman–Crippen LogP) is 5.73. The molecule has 6 rings (SSSR count). The summed E-state index contributed by atoms with van der Waals surface area (Å²) in [6.45, 7) is 6.77. The van der Waals surface area contributed by atoms with Gasteiger partial charge >= 0.3 is 5.97 Å². The number of hydrogen-bond donors (Lipinski definition) is 1. The maximum atomic E-state index is 13.6. The lowest BCUT2D eigenvalue weighted by Gasteiger charge is -2.28. The Morgan fingerprint density at radius 1 is 1.19 bits per heavy atom. The fourth-order valence-corrected chi connectivity index (χ4v) is 6.47. The van der Waals surface area contributed by atoms with Crippen LogP contribution in [0.4, 0.5) is 0 Å². The highest BCUT2D eigenvalue weighted by atomic mass is 35.5. The summed E-state index contributed by atoms with van der Waals surface area (Å²) in [5, 5.41) is 13.2. The van der Waals surface area contributed by atoms with E-state index in [1.165, 1.54) is 4.57 Å². The molecule has 0 amide bonds. The normalized spacial score (nSPS) is 21.0. The molecule has 0 saturated heterocycles. The molecular formula is C29H27ClN2O4. The monoisotopic (exact) mass is 502 g/mol. The van der Waals surface area contributed by atoms with Crippen LogP contribution in [0.5, 0.6) is 5.75 Å². The molecule has 2 atom stereocenters. The third kappa shape index (κ3) is 3.07. The zero-order valence-corrected chi connectivity index (χ0v) is 21.4. The molecule has 1 N–H and O–H groups in total. The number of hydrogen-bond acceptors (Lipinski definition) is 4. The van der Waals surface area contributed by atoms with Gasteiger partial charge in [0, 0.05) is 52.3 Å². The molecular weight excluding hydrogens is 476 g/mol. The van der Waals surface area contributed by atoms with Crippen molar-refractivity contribution in [2.75, 3.05) is 6.61 Å². The zero-order chi connectivity index (χ0) is 25.6. The van der Waals surface area contributed by atoms with E-state index in [1.807, 2.05) is 18.2 Å². The van der Waals surface area contributed by atoms with Gasteiger partial charge in [0.25, 0.3) is 5.56 Å².